The van der Waals surface area contributed by atoms with E-state index >= 15 is 0 Å². The SMILES string of the molecule is CC(C)(C)OC(=O)N1CCN(C(=O)Cn2sc3ccccc3c2=O)CC1. The highest BCUT2D eigenvalue weighted by molar-refractivity contribution is 7.13. The minimum Gasteiger partial charge on any atom is -0.444 e. The van der Waals surface area contributed by atoms with Crippen molar-refractivity contribution in [1.29, 1.82) is 0 Å². The molecule has 1 fully saturated rings. The Labute approximate surface area is 155 Å². The number of rotatable bonds is 2. The summed E-state index contributed by atoms with van der Waals surface area (Å²) < 4.78 is 7.73. The summed E-state index contributed by atoms with van der Waals surface area (Å²) in [5.41, 5.74) is -0.668. The second-order valence-electron chi connectivity index (χ2n) is 7.28. The largest absolute Gasteiger partial charge is 0.444 e. The monoisotopic (exact) mass is 377 g/mol. The zero-order valence-electron chi connectivity index (χ0n) is 15.2. The summed E-state index contributed by atoms with van der Waals surface area (Å²) in [4.78, 5) is 40.3. The highest BCUT2D eigenvalue weighted by atomic mass is 32.1. The number of hydrogen-bond donors (Lipinski definition) is 0. The molecule has 0 unspecified atom stereocenters. The van der Waals surface area contributed by atoms with E-state index < -0.39 is 5.60 Å². The summed E-state index contributed by atoms with van der Waals surface area (Å²) in [7, 11) is 0. The van der Waals surface area contributed by atoms with Crippen molar-refractivity contribution in [2.45, 2.75) is 32.9 Å². The molecular weight excluding hydrogens is 354 g/mol. The molecule has 2 aromatic rings. The Kier molecular flexibility index (Phi) is 5.04. The maximum atomic E-state index is 12.5. The van der Waals surface area contributed by atoms with Crippen molar-refractivity contribution in [3.8, 4) is 0 Å². The molecule has 1 saturated heterocycles. The van der Waals surface area contributed by atoms with E-state index in [2.05, 4.69) is 0 Å². The summed E-state index contributed by atoms with van der Waals surface area (Å²) >= 11 is 1.30. The Morgan fingerprint density at radius 3 is 2.31 bits per heavy atom. The van der Waals surface area contributed by atoms with Crippen LogP contribution in [0.25, 0.3) is 10.1 Å². The number of carbonyl (C=O) groups is 2. The molecule has 140 valence electrons. The molecule has 7 nitrogen and oxygen atoms in total. The quantitative estimate of drug-likeness (QED) is 0.804. The van der Waals surface area contributed by atoms with Gasteiger partial charge in [0.15, 0.2) is 0 Å². The van der Waals surface area contributed by atoms with Crippen LogP contribution < -0.4 is 5.56 Å². The molecule has 3 rings (SSSR count). The van der Waals surface area contributed by atoms with Crippen LogP contribution in [-0.4, -0.2) is 57.5 Å². The van der Waals surface area contributed by atoms with E-state index in [9.17, 15) is 14.4 Å². The third-order valence-corrected chi connectivity index (χ3v) is 5.18. The third-order valence-electron chi connectivity index (χ3n) is 4.12. The summed E-state index contributed by atoms with van der Waals surface area (Å²) in [6.45, 7) is 7.26. The van der Waals surface area contributed by atoms with Gasteiger partial charge in [-0.1, -0.05) is 23.7 Å². The maximum Gasteiger partial charge on any atom is 0.410 e. The second kappa shape index (κ2) is 7.11. The Balaban J connectivity index is 1.59. The lowest BCUT2D eigenvalue weighted by atomic mass is 10.2. The van der Waals surface area contributed by atoms with Crippen LogP contribution in [0.4, 0.5) is 4.79 Å². The first-order valence-corrected chi connectivity index (χ1v) is 9.36. The van der Waals surface area contributed by atoms with Gasteiger partial charge in [0.05, 0.1) is 10.1 Å². The van der Waals surface area contributed by atoms with Gasteiger partial charge in [-0.25, -0.2) is 4.79 Å². The van der Waals surface area contributed by atoms with E-state index in [1.807, 2.05) is 39.0 Å². The van der Waals surface area contributed by atoms with Gasteiger partial charge < -0.3 is 14.5 Å². The molecule has 26 heavy (non-hydrogen) atoms. The lowest BCUT2D eigenvalue weighted by molar-refractivity contribution is -0.133. The number of fused-ring (bicyclic) bond motifs is 1. The molecule has 1 aliphatic rings. The number of ether oxygens (including phenoxy) is 1. The van der Waals surface area contributed by atoms with Gasteiger partial charge in [-0.05, 0) is 32.9 Å². The fourth-order valence-electron chi connectivity index (χ4n) is 2.81. The summed E-state index contributed by atoms with van der Waals surface area (Å²) in [5.74, 6) is -0.109. The molecule has 0 bridgehead atoms. The average molecular weight is 377 g/mol. The molecule has 0 saturated carbocycles. The second-order valence-corrected chi connectivity index (χ2v) is 8.34. The van der Waals surface area contributed by atoms with Crippen molar-refractivity contribution in [3.63, 3.8) is 0 Å². The Hall–Kier alpha value is -2.35. The van der Waals surface area contributed by atoms with Crippen molar-refractivity contribution >= 4 is 33.6 Å². The van der Waals surface area contributed by atoms with Gasteiger partial charge in [0, 0.05) is 26.2 Å². The number of hydrogen-bond acceptors (Lipinski definition) is 5. The van der Waals surface area contributed by atoms with Crippen molar-refractivity contribution in [1.82, 2.24) is 13.8 Å². The predicted molar refractivity (Wildman–Crippen MR) is 100 cm³/mol. The van der Waals surface area contributed by atoms with Crippen LogP contribution in [-0.2, 0) is 16.1 Å². The molecule has 0 atom stereocenters. The van der Waals surface area contributed by atoms with Crippen LogP contribution in [0.1, 0.15) is 20.8 Å². The first-order valence-electron chi connectivity index (χ1n) is 8.59. The van der Waals surface area contributed by atoms with Crippen molar-refractivity contribution in [2.24, 2.45) is 0 Å². The van der Waals surface area contributed by atoms with E-state index in [0.29, 0.717) is 31.6 Å². The molecular formula is C18H23N3O4S. The van der Waals surface area contributed by atoms with Gasteiger partial charge in [-0.15, -0.1) is 0 Å². The third kappa shape index (κ3) is 4.07. The minimum absolute atomic E-state index is 0.0324. The van der Waals surface area contributed by atoms with Gasteiger partial charge in [0.1, 0.15) is 12.1 Å². The van der Waals surface area contributed by atoms with Crippen LogP contribution in [0, 0.1) is 0 Å². The van der Waals surface area contributed by atoms with Gasteiger partial charge in [-0.3, -0.25) is 13.5 Å². The van der Waals surface area contributed by atoms with Gasteiger partial charge in [0.25, 0.3) is 5.56 Å². The highest BCUT2D eigenvalue weighted by Crippen LogP contribution is 2.16. The zero-order valence-corrected chi connectivity index (χ0v) is 16.0. The van der Waals surface area contributed by atoms with E-state index in [4.69, 9.17) is 4.74 Å². The van der Waals surface area contributed by atoms with Gasteiger partial charge in [0.2, 0.25) is 5.91 Å². The smallest absolute Gasteiger partial charge is 0.410 e. The molecule has 0 aliphatic carbocycles. The lowest BCUT2D eigenvalue weighted by Crippen LogP contribution is -2.52. The fourth-order valence-corrected chi connectivity index (χ4v) is 3.80. The number of carbonyl (C=O) groups excluding carboxylic acids is 2. The first kappa shape index (κ1) is 18.4. The molecule has 2 amide bonds. The molecule has 8 heteroatoms. The zero-order chi connectivity index (χ0) is 18.9. The number of aromatic nitrogens is 1. The first-order chi connectivity index (χ1) is 12.2. The molecule has 2 heterocycles. The highest BCUT2D eigenvalue weighted by Gasteiger charge is 2.28. The topological polar surface area (TPSA) is 71.8 Å². The number of amides is 2. The Morgan fingerprint density at radius 2 is 1.69 bits per heavy atom. The molecule has 1 aromatic heterocycles. The maximum absolute atomic E-state index is 12.5. The normalized spacial score (nSPS) is 15.3. The minimum atomic E-state index is -0.535. The summed E-state index contributed by atoms with van der Waals surface area (Å²) in [5, 5.41) is 0.639. The molecule has 0 spiro atoms. The number of piperazine rings is 1. The number of nitrogens with zero attached hydrogens (tertiary/aromatic N) is 3. The molecule has 1 aliphatic heterocycles. The van der Waals surface area contributed by atoms with Crippen molar-refractivity contribution in [2.75, 3.05) is 26.2 Å². The molecule has 0 radical (unpaired) electrons. The van der Waals surface area contributed by atoms with Crippen LogP contribution >= 0.6 is 11.5 Å². The summed E-state index contributed by atoms with van der Waals surface area (Å²) in [6, 6.07) is 7.34. The van der Waals surface area contributed by atoms with Gasteiger partial charge in [-0.2, -0.15) is 0 Å². The summed E-state index contributed by atoms with van der Waals surface area (Å²) in [6.07, 6.45) is -0.356. The van der Waals surface area contributed by atoms with E-state index in [-0.39, 0.29) is 24.1 Å². The van der Waals surface area contributed by atoms with E-state index in [1.165, 1.54) is 15.5 Å². The van der Waals surface area contributed by atoms with Crippen LogP contribution in [0.2, 0.25) is 0 Å². The van der Waals surface area contributed by atoms with E-state index in [1.54, 1.807) is 15.9 Å². The predicted octanol–water partition coefficient (Wildman–Crippen LogP) is 2.14. The van der Waals surface area contributed by atoms with Crippen molar-refractivity contribution < 1.29 is 14.3 Å². The molecule has 0 N–H and O–H groups in total. The number of benzene rings is 1. The van der Waals surface area contributed by atoms with Crippen molar-refractivity contribution in [3.05, 3.63) is 34.6 Å². The van der Waals surface area contributed by atoms with Crippen LogP contribution in [0.15, 0.2) is 29.1 Å². The Morgan fingerprint density at radius 1 is 1.08 bits per heavy atom. The lowest BCUT2D eigenvalue weighted by Gasteiger charge is -2.35. The molecule has 1 aromatic carbocycles. The van der Waals surface area contributed by atoms with E-state index in [0.717, 1.165) is 4.70 Å². The Bertz CT molecular complexity index is 872. The fraction of sp³-hybridized carbons (Fsp3) is 0.500. The van der Waals surface area contributed by atoms with Crippen LogP contribution in [0.5, 0.6) is 0 Å². The van der Waals surface area contributed by atoms with Gasteiger partial charge >= 0.3 is 6.09 Å². The van der Waals surface area contributed by atoms with Crippen LogP contribution in [0.3, 0.4) is 0 Å². The standard InChI is InChI=1S/C18H23N3O4S/c1-18(2,3)25-17(24)20-10-8-19(9-11-20)15(22)12-21-16(23)13-6-4-5-7-14(13)26-21/h4-7H,8-12H2,1-3H3. The average Bonchev–Trinajstić information content (AvgIpc) is 2.90.